The van der Waals surface area contributed by atoms with Gasteiger partial charge in [0.05, 0.1) is 12.7 Å². The lowest BCUT2D eigenvalue weighted by Crippen LogP contribution is -2.48. The van der Waals surface area contributed by atoms with Crippen LogP contribution in [0.15, 0.2) is 0 Å². The van der Waals surface area contributed by atoms with E-state index in [4.69, 9.17) is 4.74 Å². The molecule has 82 valence electrons. The molecule has 2 fully saturated rings. The van der Waals surface area contributed by atoms with Gasteiger partial charge in [0.1, 0.15) is 0 Å². The smallest absolute Gasteiger partial charge is 0.0700 e. The molecule has 0 aromatic carbocycles. The maximum Gasteiger partial charge on any atom is 0.0700 e. The van der Waals surface area contributed by atoms with Gasteiger partial charge in [0.2, 0.25) is 0 Å². The summed E-state index contributed by atoms with van der Waals surface area (Å²) >= 11 is 0. The van der Waals surface area contributed by atoms with Crippen molar-refractivity contribution in [2.45, 2.75) is 44.9 Å². The van der Waals surface area contributed by atoms with Crippen molar-refractivity contribution < 1.29 is 4.74 Å². The molecule has 2 saturated heterocycles. The fourth-order valence-electron chi connectivity index (χ4n) is 2.51. The van der Waals surface area contributed by atoms with Crippen LogP contribution in [0.2, 0.25) is 0 Å². The average Bonchev–Trinajstić information content (AvgIpc) is 2.65. The molecule has 2 rings (SSSR count). The Morgan fingerprint density at radius 2 is 2.36 bits per heavy atom. The van der Waals surface area contributed by atoms with Gasteiger partial charge in [-0.3, -0.25) is 4.90 Å². The van der Waals surface area contributed by atoms with Crippen LogP contribution in [0.1, 0.15) is 26.7 Å². The minimum Gasteiger partial charge on any atom is -0.376 e. The lowest BCUT2D eigenvalue weighted by Gasteiger charge is -2.36. The van der Waals surface area contributed by atoms with Crippen LogP contribution in [0.3, 0.4) is 0 Å². The highest BCUT2D eigenvalue weighted by molar-refractivity contribution is 4.87. The Morgan fingerprint density at radius 1 is 1.50 bits per heavy atom. The molecule has 0 bridgehead atoms. The zero-order chi connectivity index (χ0) is 9.97. The maximum absolute atomic E-state index is 5.68. The molecule has 0 aliphatic carbocycles. The van der Waals surface area contributed by atoms with Gasteiger partial charge in [-0.2, -0.15) is 0 Å². The molecular weight excluding hydrogens is 176 g/mol. The molecule has 3 atom stereocenters. The molecule has 0 spiro atoms. The Morgan fingerprint density at radius 3 is 3.00 bits per heavy atom. The number of morpholine rings is 1. The van der Waals surface area contributed by atoms with Gasteiger partial charge in [-0.1, -0.05) is 6.92 Å². The summed E-state index contributed by atoms with van der Waals surface area (Å²) in [5.41, 5.74) is 0. The van der Waals surface area contributed by atoms with E-state index in [9.17, 15) is 0 Å². The molecule has 0 saturated carbocycles. The molecule has 3 unspecified atom stereocenters. The quantitative estimate of drug-likeness (QED) is 0.712. The Kier molecular flexibility index (Phi) is 3.42. The van der Waals surface area contributed by atoms with Gasteiger partial charge in [-0.05, 0) is 19.8 Å². The summed E-state index contributed by atoms with van der Waals surface area (Å²) in [5, 5.41) is 3.52. The topological polar surface area (TPSA) is 24.5 Å². The van der Waals surface area contributed by atoms with Crippen molar-refractivity contribution in [2.24, 2.45) is 0 Å². The molecule has 0 aromatic rings. The van der Waals surface area contributed by atoms with Crippen molar-refractivity contribution >= 4 is 0 Å². The SMILES string of the molecule is CCC1CN(C2CNC(C)C2)CCO1. The second-order valence-corrected chi connectivity index (χ2v) is 4.59. The first-order chi connectivity index (χ1) is 6.79. The summed E-state index contributed by atoms with van der Waals surface area (Å²) in [6.07, 6.45) is 2.92. The second kappa shape index (κ2) is 4.60. The Hall–Kier alpha value is -0.120. The molecule has 2 aliphatic heterocycles. The summed E-state index contributed by atoms with van der Waals surface area (Å²) in [4.78, 5) is 2.61. The van der Waals surface area contributed by atoms with E-state index in [1.165, 1.54) is 6.42 Å². The number of hydrogen-bond acceptors (Lipinski definition) is 3. The van der Waals surface area contributed by atoms with Crippen LogP contribution in [0.5, 0.6) is 0 Å². The molecule has 0 radical (unpaired) electrons. The third-order valence-corrected chi connectivity index (χ3v) is 3.47. The van der Waals surface area contributed by atoms with Gasteiger partial charge in [-0.15, -0.1) is 0 Å². The highest BCUT2D eigenvalue weighted by atomic mass is 16.5. The molecular formula is C11H22N2O. The first kappa shape index (κ1) is 10.4. The fraction of sp³-hybridized carbons (Fsp3) is 1.00. The summed E-state index contributed by atoms with van der Waals surface area (Å²) < 4.78 is 5.68. The molecule has 0 aromatic heterocycles. The Balaban J connectivity index is 1.84. The molecule has 3 nitrogen and oxygen atoms in total. The largest absolute Gasteiger partial charge is 0.376 e. The van der Waals surface area contributed by atoms with E-state index in [1.807, 2.05) is 0 Å². The zero-order valence-electron chi connectivity index (χ0n) is 9.33. The molecule has 1 N–H and O–H groups in total. The molecule has 3 heteroatoms. The highest BCUT2D eigenvalue weighted by Crippen LogP contribution is 2.17. The number of hydrogen-bond donors (Lipinski definition) is 1. The van der Waals surface area contributed by atoms with Crippen molar-refractivity contribution in [3.05, 3.63) is 0 Å². The van der Waals surface area contributed by atoms with Gasteiger partial charge in [0.15, 0.2) is 0 Å². The van der Waals surface area contributed by atoms with Crippen molar-refractivity contribution in [1.82, 2.24) is 10.2 Å². The first-order valence-corrected chi connectivity index (χ1v) is 5.88. The van der Waals surface area contributed by atoms with E-state index >= 15 is 0 Å². The van der Waals surface area contributed by atoms with Gasteiger partial charge < -0.3 is 10.1 Å². The monoisotopic (exact) mass is 198 g/mol. The van der Waals surface area contributed by atoms with Crippen LogP contribution in [-0.4, -0.2) is 49.3 Å². The number of nitrogens with one attached hydrogen (secondary N) is 1. The lowest BCUT2D eigenvalue weighted by molar-refractivity contribution is -0.0419. The standard InChI is InChI=1S/C11H22N2O/c1-3-11-8-13(4-5-14-11)10-6-9(2)12-7-10/h9-12H,3-8H2,1-2H3. The summed E-state index contributed by atoms with van der Waals surface area (Å²) in [6, 6.07) is 1.45. The Bertz CT molecular complexity index is 186. The van der Waals surface area contributed by atoms with Crippen LogP contribution < -0.4 is 5.32 Å². The van der Waals surface area contributed by atoms with Gasteiger partial charge in [-0.25, -0.2) is 0 Å². The van der Waals surface area contributed by atoms with Crippen molar-refractivity contribution in [3.63, 3.8) is 0 Å². The molecule has 2 heterocycles. The van der Waals surface area contributed by atoms with Gasteiger partial charge in [0.25, 0.3) is 0 Å². The van der Waals surface area contributed by atoms with Crippen LogP contribution in [0, 0.1) is 0 Å². The minimum absolute atomic E-state index is 0.472. The maximum atomic E-state index is 5.68. The highest BCUT2D eigenvalue weighted by Gasteiger charge is 2.29. The Labute approximate surface area is 86.8 Å². The van der Waals surface area contributed by atoms with E-state index in [1.54, 1.807) is 0 Å². The van der Waals surface area contributed by atoms with E-state index in [2.05, 4.69) is 24.1 Å². The second-order valence-electron chi connectivity index (χ2n) is 4.59. The van der Waals surface area contributed by atoms with Gasteiger partial charge >= 0.3 is 0 Å². The van der Waals surface area contributed by atoms with E-state index < -0.39 is 0 Å². The fourth-order valence-corrected chi connectivity index (χ4v) is 2.51. The number of nitrogens with zero attached hydrogens (tertiary/aromatic N) is 1. The predicted molar refractivity (Wildman–Crippen MR) is 57.5 cm³/mol. The van der Waals surface area contributed by atoms with Crippen molar-refractivity contribution in [2.75, 3.05) is 26.2 Å². The van der Waals surface area contributed by atoms with E-state index in [0.29, 0.717) is 12.1 Å². The normalized spacial score (nSPS) is 40.3. The first-order valence-electron chi connectivity index (χ1n) is 5.88. The third-order valence-electron chi connectivity index (χ3n) is 3.47. The van der Waals surface area contributed by atoms with Crippen LogP contribution in [0.25, 0.3) is 0 Å². The van der Waals surface area contributed by atoms with Crippen LogP contribution in [-0.2, 0) is 4.74 Å². The summed E-state index contributed by atoms with van der Waals surface area (Å²) in [7, 11) is 0. The third kappa shape index (κ3) is 2.27. The predicted octanol–water partition coefficient (Wildman–Crippen LogP) is 0.848. The van der Waals surface area contributed by atoms with Crippen molar-refractivity contribution in [1.29, 1.82) is 0 Å². The lowest BCUT2D eigenvalue weighted by atomic mass is 10.1. The van der Waals surface area contributed by atoms with Crippen LogP contribution in [0.4, 0.5) is 0 Å². The van der Waals surface area contributed by atoms with Gasteiger partial charge in [0, 0.05) is 31.7 Å². The van der Waals surface area contributed by atoms with E-state index in [-0.39, 0.29) is 0 Å². The number of rotatable bonds is 2. The van der Waals surface area contributed by atoms with Crippen molar-refractivity contribution in [3.8, 4) is 0 Å². The molecule has 0 amide bonds. The minimum atomic E-state index is 0.472. The molecule has 14 heavy (non-hydrogen) atoms. The van der Waals surface area contributed by atoms with E-state index in [0.717, 1.165) is 38.7 Å². The summed E-state index contributed by atoms with van der Waals surface area (Å²) in [6.45, 7) is 8.83. The average molecular weight is 198 g/mol. The molecule has 2 aliphatic rings. The zero-order valence-corrected chi connectivity index (χ0v) is 9.33. The van der Waals surface area contributed by atoms with Crippen LogP contribution >= 0.6 is 0 Å². The summed E-state index contributed by atoms with van der Waals surface area (Å²) in [5.74, 6) is 0. The number of ether oxygens (including phenoxy) is 1.